The summed E-state index contributed by atoms with van der Waals surface area (Å²) in [5.74, 6) is 0.414. The van der Waals surface area contributed by atoms with Crippen molar-refractivity contribution in [2.75, 3.05) is 11.1 Å². The summed E-state index contributed by atoms with van der Waals surface area (Å²) in [5, 5.41) is 8.04. The number of hydrogen-bond acceptors (Lipinski definition) is 7. The van der Waals surface area contributed by atoms with E-state index in [1.54, 1.807) is 24.5 Å². The molecule has 0 aromatic carbocycles. The van der Waals surface area contributed by atoms with Crippen molar-refractivity contribution in [3.63, 3.8) is 0 Å². The van der Waals surface area contributed by atoms with Crippen LogP contribution in [0.5, 0.6) is 0 Å². The Kier molecular flexibility index (Phi) is 3.14. The zero-order valence-electron chi connectivity index (χ0n) is 10.0. The van der Waals surface area contributed by atoms with Crippen LogP contribution in [0.1, 0.15) is 0 Å². The molecule has 0 spiro atoms. The molecule has 1 unspecified atom stereocenters. The molecule has 10 heteroatoms. The van der Waals surface area contributed by atoms with Crippen LogP contribution in [0.25, 0.3) is 5.95 Å². The third kappa shape index (κ3) is 2.78. The maximum Gasteiger partial charge on any atom is 0.256 e. The normalized spacial score (nSPS) is 20.1. The summed E-state index contributed by atoms with van der Waals surface area (Å²) in [6.45, 7) is 0. The maximum atomic E-state index is 11.3. The Hall–Kier alpha value is -2.00. The Morgan fingerprint density at radius 3 is 2.85 bits per heavy atom. The molecular weight excluding hydrogens is 304 g/mol. The Morgan fingerprint density at radius 1 is 1.35 bits per heavy atom. The first-order valence-electron chi connectivity index (χ1n) is 5.61. The molecule has 1 aliphatic rings. The van der Waals surface area contributed by atoms with Gasteiger partial charge in [-0.25, -0.2) is 13.1 Å². The van der Waals surface area contributed by atoms with Crippen molar-refractivity contribution in [1.29, 1.82) is 0 Å². The SMILES string of the molecule is O=S1(=O)C=CC(Nc2nc(Cl)nc(-n3cccn3)n2)C1. The molecule has 2 aromatic heterocycles. The highest BCUT2D eigenvalue weighted by atomic mass is 35.5. The average molecular weight is 313 g/mol. The zero-order chi connectivity index (χ0) is 14.2. The molecule has 20 heavy (non-hydrogen) atoms. The molecule has 0 saturated heterocycles. The number of halogens is 1. The highest BCUT2D eigenvalue weighted by molar-refractivity contribution is 7.94. The second-order valence-electron chi connectivity index (χ2n) is 4.09. The van der Waals surface area contributed by atoms with Crippen LogP contribution in [-0.2, 0) is 9.84 Å². The summed E-state index contributed by atoms with van der Waals surface area (Å²) in [7, 11) is -3.14. The number of hydrogen-bond donors (Lipinski definition) is 1. The summed E-state index contributed by atoms with van der Waals surface area (Å²) in [6, 6.07) is 1.33. The van der Waals surface area contributed by atoms with Crippen LogP contribution >= 0.6 is 11.6 Å². The Bertz CT molecular complexity index is 758. The fourth-order valence-corrected chi connectivity index (χ4v) is 3.12. The van der Waals surface area contributed by atoms with Crippen LogP contribution in [0.3, 0.4) is 0 Å². The molecule has 0 radical (unpaired) electrons. The topological polar surface area (TPSA) is 103 Å². The quantitative estimate of drug-likeness (QED) is 0.876. The Labute approximate surface area is 119 Å². The van der Waals surface area contributed by atoms with Crippen molar-refractivity contribution < 1.29 is 8.42 Å². The fraction of sp³-hybridized carbons (Fsp3) is 0.200. The van der Waals surface area contributed by atoms with Crippen LogP contribution in [0.15, 0.2) is 29.9 Å². The number of nitrogens with zero attached hydrogens (tertiary/aromatic N) is 5. The van der Waals surface area contributed by atoms with E-state index >= 15 is 0 Å². The molecular formula is C10H9ClN6O2S. The predicted octanol–water partition coefficient (Wildman–Crippen LogP) is 0.433. The molecule has 104 valence electrons. The van der Waals surface area contributed by atoms with Gasteiger partial charge in [-0.3, -0.25) is 0 Å². The molecule has 0 fully saturated rings. The monoisotopic (exact) mass is 312 g/mol. The van der Waals surface area contributed by atoms with Gasteiger partial charge >= 0.3 is 0 Å². The summed E-state index contributed by atoms with van der Waals surface area (Å²) in [6.07, 6.45) is 4.78. The fourth-order valence-electron chi connectivity index (χ4n) is 1.73. The molecule has 8 nitrogen and oxygen atoms in total. The standard InChI is InChI=1S/C10H9ClN6O2S/c11-8-14-9(13-7-2-5-20(18,19)6-7)16-10(15-8)17-4-1-3-12-17/h1-5,7H,6H2,(H,13,14,15,16). The van der Waals surface area contributed by atoms with Crippen molar-refractivity contribution in [2.24, 2.45) is 0 Å². The van der Waals surface area contributed by atoms with Crippen LogP contribution in [0.4, 0.5) is 5.95 Å². The third-order valence-electron chi connectivity index (χ3n) is 2.55. The van der Waals surface area contributed by atoms with Crippen LogP contribution < -0.4 is 5.32 Å². The summed E-state index contributed by atoms with van der Waals surface area (Å²) in [4.78, 5) is 12.0. The van der Waals surface area contributed by atoms with Gasteiger partial charge in [0.25, 0.3) is 5.95 Å². The first kappa shape index (κ1) is 13.0. The van der Waals surface area contributed by atoms with E-state index in [4.69, 9.17) is 11.6 Å². The van der Waals surface area contributed by atoms with Gasteiger partial charge in [0.1, 0.15) is 0 Å². The minimum absolute atomic E-state index is 0.00201. The van der Waals surface area contributed by atoms with Gasteiger partial charge in [-0.2, -0.15) is 20.1 Å². The van der Waals surface area contributed by atoms with Crippen molar-refractivity contribution in [2.45, 2.75) is 6.04 Å². The van der Waals surface area contributed by atoms with Gasteiger partial charge in [0.2, 0.25) is 11.2 Å². The lowest BCUT2D eigenvalue weighted by atomic mass is 10.3. The minimum Gasteiger partial charge on any atom is -0.347 e. The van der Waals surface area contributed by atoms with Crippen LogP contribution in [0.2, 0.25) is 5.28 Å². The summed E-state index contributed by atoms with van der Waals surface area (Å²) in [5.41, 5.74) is 0. The van der Waals surface area contributed by atoms with Gasteiger partial charge in [-0.15, -0.1) is 0 Å². The lowest BCUT2D eigenvalue weighted by Crippen LogP contribution is -2.23. The van der Waals surface area contributed by atoms with Gasteiger partial charge in [0.05, 0.1) is 11.8 Å². The largest absolute Gasteiger partial charge is 0.347 e. The highest BCUT2D eigenvalue weighted by Crippen LogP contribution is 2.14. The van der Waals surface area contributed by atoms with Crippen molar-refractivity contribution in [3.8, 4) is 5.95 Å². The maximum absolute atomic E-state index is 11.3. The highest BCUT2D eigenvalue weighted by Gasteiger charge is 2.22. The summed E-state index contributed by atoms with van der Waals surface area (Å²) >= 11 is 5.83. The average Bonchev–Trinajstić information content (AvgIpc) is 2.98. The van der Waals surface area contributed by atoms with Gasteiger partial charge in [0.15, 0.2) is 9.84 Å². The van der Waals surface area contributed by atoms with E-state index in [9.17, 15) is 8.42 Å². The molecule has 1 aliphatic heterocycles. The number of sulfone groups is 1. The minimum atomic E-state index is -3.14. The zero-order valence-corrected chi connectivity index (χ0v) is 11.6. The van der Waals surface area contributed by atoms with Gasteiger partial charge in [0, 0.05) is 17.8 Å². The number of nitrogens with one attached hydrogen (secondary N) is 1. The number of anilines is 1. The van der Waals surface area contributed by atoms with E-state index in [0.29, 0.717) is 0 Å². The lowest BCUT2D eigenvalue weighted by molar-refractivity contribution is 0.605. The third-order valence-corrected chi connectivity index (χ3v) is 4.11. The molecule has 0 bridgehead atoms. The second kappa shape index (κ2) is 4.84. The smallest absolute Gasteiger partial charge is 0.256 e. The molecule has 0 aliphatic carbocycles. The molecule has 0 amide bonds. The van der Waals surface area contributed by atoms with E-state index in [2.05, 4.69) is 25.4 Å². The van der Waals surface area contributed by atoms with Crippen LogP contribution in [0, 0.1) is 0 Å². The summed E-state index contributed by atoms with van der Waals surface area (Å²) < 4.78 is 24.1. The molecule has 1 atom stereocenters. The number of rotatable bonds is 3. The lowest BCUT2D eigenvalue weighted by Gasteiger charge is -2.10. The molecule has 0 saturated carbocycles. The molecule has 1 N–H and O–H groups in total. The van der Waals surface area contributed by atoms with E-state index in [1.165, 1.54) is 10.1 Å². The van der Waals surface area contributed by atoms with Crippen molar-refractivity contribution in [1.82, 2.24) is 24.7 Å². The van der Waals surface area contributed by atoms with E-state index < -0.39 is 9.84 Å². The van der Waals surface area contributed by atoms with E-state index in [0.717, 1.165) is 0 Å². The first-order valence-corrected chi connectivity index (χ1v) is 7.70. The molecule has 3 rings (SSSR count). The van der Waals surface area contributed by atoms with Gasteiger partial charge < -0.3 is 5.32 Å². The molecule has 3 heterocycles. The van der Waals surface area contributed by atoms with Gasteiger partial charge in [-0.1, -0.05) is 0 Å². The van der Waals surface area contributed by atoms with E-state index in [-0.39, 0.29) is 29.0 Å². The van der Waals surface area contributed by atoms with Crippen molar-refractivity contribution >= 4 is 27.4 Å². The Morgan fingerprint density at radius 2 is 2.20 bits per heavy atom. The van der Waals surface area contributed by atoms with Crippen molar-refractivity contribution in [3.05, 3.63) is 35.2 Å². The Balaban J connectivity index is 1.86. The van der Waals surface area contributed by atoms with Gasteiger partial charge in [-0.05, 0) is 23.7 Å². The van der Waals surface area contributed by atoms with Crippen LogP contribution in [-0.4, -0.2) is 44.9 Å². The predicted molar refractivity (Wildman–Crippen MR) is 72.3 cm³/mol. The second-order valence-corrected chi connectivity index (χ2v) is 6.36. The first-order chi connectivity index (χ1) is 9.52. The molecule has 2 aromatic rings. The number of aromatic nitrogens is 5. The van der Waals surface area contributed by atoms with E-state index in [1.807, 2.05) is 0 Å².